The van der Waals surface area contributed by atoms with Crippen LogP contribution in [0.25, 0.3) is 0 Å². The fourth-order valence-electron chi connectivity index (χ4n) is 1.54. The number of ether oxygens (including phenoxy) is 4. The van der Waals surface area contributed by atoms with Gasteiger partial charge in [-0.15, -0.1) is 11.6 Å². The van der Waals surface area contributed by atoms with E-state index in [0.717, 1.165) is 19.3 Å². The molecule has 1 aliphatic rings. The number of hydrogen-bond acceptors (Lipinski definition) is 5. The second-order valence-corrected chi connectivity index (χ2v) is 4.07. The van der Waals surface area contributed by atoms with Crippen LogP contribution in [0.3, 0.4) is 0 Å². The molecular formula is C11H19ClO5. The molecule has 1 rings (SSSR count). The van der Waals surface area contributed by atoms with Gasteiger partial charge in [-0.1, -0.05) is 0 Å². The van der Waals surface area contributed by atoms with Crippen molar-refractivity contribution in [3.63, 3.8) is 0 Å². The zero-order valence-electron chi connectivity index (χ0n) is 10.0. The quantitative estimate of drug-likeness (QED) is 0.399. The fraction of sp³-hybridized carbons (Fsp3) is 0.909. The van der Waals surface area contributed by atoms with Crippen molar-refractivity contribution in [2.45, 2.75) is 38.3 Å². The summed E-state index contributed by atoms with van der Waals surface area (Å²) in [7, 11) is 1.61. The number of halogens is 1. The lowest BCUT2D eigenvalue weighted by Gasteiger charge is -2.28. The highest BCUT2D eigenvalue weighted by atomic mass is 35.5. The third kappa shape index (κ3) is 6.21. The molecule has 0 aromatic heterocycles. The molecule has 0 radical (unpaired) electrons. The highest BCUT2D eigenvalue weighted by molar-refractivity contribution is 6.18. The summed E-state index contributed by atoms with van der Waals surface area (Å²) in [6.07, 6.45) is 2.52. The first kappa shape index (κ1) is 14.7. The smallest absolute Gasteiger partial charge is 0.307 e. The lowest BCUT2D eigenvalue weighted by Crippen LogP contribution is -2.31. The first-order chi connectivity index (χ1) is 8.26. The van der Waals surface area contributed by atoms with Gasteiger partial charge >= 0.3 is 5.97 Å². The van der Waals surface area contributed by atoms with Gasteiger partial charge in [-0.25, -0.2) is 0 Å². The van der Waals surface area contributed by atoms with Crippen LogP contribution in [0.4, 0.5) is 0 Å². The van der Waals surface area contributed by atoms with E-state index in [-0.39, 0.29) is 37.5 Å². The van der Waals surface area contributed by atoms with Gasteiger partial charge in [0.05, 0.1) is 13.0 Å². The van der Waals surface area contributed by atoms with Crippen molar-refractivity contribution < 1.29 is 23.7 Å². The predicted octanol–water partition coefficient (Wildman–Crippen LogP) is 1.67. The summed E-state index contributed by atoms with van der Waals surface area (Å²) in [5.74, 6) is -0.0241. The summed E-state index contributed by atoms with van der Waals surface area (Å²) >= 11 is 5.40. The topological polar surface area (TPSA) is 54.0 Å². The number of carbonyl (C=O) groups is 1. The molecule has 0 amide bonds. The van der Waals surface area contributed by atoms with E-state index in [1.807, 2.05) is 0 Å². The summed E-state index contributed by atoms with van der Waals surface area (Å²) in [5, 5.41) is 0. The van der Waals surface area contributed by atoms with E-state index in [1.54, 1.807) is 7.11 Å². The van der Waals surface area contributed by atoms with Crippen molar-refractivity contribution in [3.8, 4) is 0 Å². The molecule has 5 nitrogen and oxygen atoms in total. The van der Waals surface area contributed by atoms with Crippen molar-refractivity contribution in [2.75, 3.05) is 26.2 Å². The van der Waals surface area contributed by atoms with Gasteiger partial charge in [-0.05, 0) is 19.3 Å². The van der Waals surface area contributed by atoms with E-state index in [2.05, 4.69) is 0 Å². The predicted molar refractivity (Wildman–Crippen MR) is 61.8 cm³/mol. The number of esters is 1. The summed E-state index contributed by atoms with van der Waals surface area (Å²) in [6, 6.07) is 0. The SMILES string of the molecule is COC1CCCC(OCCOC(=O)CCCl)O1. The molecule has 0 saturated carbocycles. The minimum Gasteiger partial charge on any atom is -0.463 e. The van der Waals surface area contributed by atoms with E-state index in [9.17, 15) is 4.79 Å². The number of alkyl halides is 1. The number of methoxy groups -OCH3 is 1. The van der Waals surface area contributed by atoms with Gasteiger partial charge in [0.2, 0.25) is 0 Å². The van der Waals surface area contributed by atoms with Crippen LogP contribution in [0.15, 0.2) is 0 Å². The maximum atomic E-state index is 11.0. The Labute approximate surface area is 106 Å². The van der Waals surface area contributed by atoms with Crippen LogP contribution in [0.5, 0.6) is 0 Å². The van der Waals surface area contributed by atoms with Crippen LogP contribution in [0.2, 0.25) is 0 Å². The molecular weight excluding hydrogens is 248 g/mol. The van der Waals surface area contributed by atoms with Gasteiger partial charge in [0.25, 0.3) is 0 Å². The average Bonchev–Trinajstić information content (AvgIpc) is 2.35. The molecule has 0 N–H and O–H groups in total. The summed E-state index contributed by atoms with van der Waals surface area (Å²) in [6.45, 7) is 0.558. The van der Waals surface area contributed by atoms with E-state index in [1.165, 1.54) is 0 Å². The van der Waals surface area contributed by atoms with Crippen molar-refractivity contribution in [1.82, 2.24) is 0 Å². The summed E-state index contributed by atoms with van der Waals surface area (Å²) in [4.78, 5) is 11.0. The Morgan fingerprint density at radius 2 is 2.12 bits per heavy atom. The number of rotatable bonds is 7. The molecule has 1 aliphatic heterocycles. The Morgan fingerprint density at radius 1 is 1.35 bits per heavy atom. The van der Waals surface area contributed by atoms with Crippen LogP contribution >= 0.6 is 11.6 Å². The van der Waals surface area contributed by atoms with Crippen LogP contribution in [-0.4, -0.2) is 44.8 Å². The maximum Gasteiger partial charge on any atom is 0.307 e. The van der Waals surface area contributed by atoms with Gasteiger partial charge in [0, 0.05) is 13.0 Å². The van der Waals surface area contributed by atoms with E-state index in [0.29, 0.717) is 6.61 Å². The molecule has 0 aromatic rings. The Balaban J connectivity index is 2.04. The van der Waals surface area contributed by atoms with Crippen LogP contribution in [0, 0.1) is 0 Å². The van der Waals surface area contributed by atoms with E-state index >= 15 is 0 Å². The molecule has 100 valence electrons. The Morgan fingerprint density at radius 3 is 2.82 bits per heavy atom. The molecule has 0 aliphatic carbocycles. The zero-order chi connectivity index (χ0) is 12.5. The monoisotopic (exact) mass is 266 g/mol. The zero-order valence-corrected chi connectivity index (χ0v) is 10.8. The first-order valence-corrected chi connectivity index (χ1v) is 6.31. The van der Waals surface area contributed by atoms with Crippen molar-refractivity contribution >= 4 is 17.6 Å². The molecule has 0 aromatic carbocycles. The van der Waals surface area contributed by atoms with Gasteiger partial charge < -0.3 is 18.9 Å². The highest BCUT2D eigenvalue weighted by Crippen LogP contribution is 2.19. The summed E-state index contributed by atoms with van der Waals surface area (Å²) < 4.78 is 20.9. The Hall–Kier alpha value is -0.360. The first-order valence-electron chi connectivity index (χ1n) is 5.77. The van der Waals surface area contributed by atoms with Gasteiger partial charge in [0.1, 0.15) is 6.61 Å². The van der Waals surface area contributed by atoms with E-state index < -0.39 is 0 Å². The van der Waals surface area contributed by atoms with Gasteiger partial charge in [0.15, 0.2) is 12.6 Å². The maximum absolute atomic E-state index is 11.0. The van der Waals surface area contributed by atoms with Crippen molar-refractivity contribution in [1.29, 1.82) is 0 Å². The third-order valence-corrected chi connectivity index (χ3v) is 2.58. The molecule has 0 spiro atoms. The normalized spacial score (nSPS) is 24.6. The highest BCUT2D eigenvalue weighted by Gasteiger charge is 2.22. The minimum absolute atomic E-state index is 0.187. The lowest BCUT2D eigenvalue weighted by molar-refractivity contribution is -0.261. The minimum atomic E-state index is -0.303. The van der Waals surface area contributed by atoms with Crippen molar-refractivity contribution in [2.24, 2.45) is 0 Å². The largest absolute Gasteiger partial charge is 0.463 e. The Bertz CT molecular complexity index is 224. The molecule has 1 saturated heterocycles. The van der Waals surface area contributed by atoms with Crippen molar-refractivity contribution in [3.05, 3.63) is 0 Å². The fourth-order valence-corrected chi connectivity index (χ4v) is 1.69. The second kappa shape index (κ2) is 8.69. The number of carbonyl (C=O) groups excluding carboxylic acids is 1. The number of hydrogen-bond donors (Lipinski definition) is 0. The molecule has 2 unspecified atom stereocenters. The molecule has 0 bridgehead atoms. The molecule has 2 atom stereocenters. The van der Waals surface area contributed by atoms with Crippen LogP contribution < -0.4 is 0 Å². The van der Waals surface area contributed by atoms with Gasteiger partial charge in [-0.3, -0.25) is 4.79 Å². The van der Waals surface area contributed by atoms with E-state index in [4.69, 9.17) is 30.5 Å². The third-order valence-electron chi connectivity index (χ3n) is 2.39. The lowest BCUT2D eigenvalue weighted by atomic mass is 10.2. The van der Waals surface area contributed by atoms with Gasteiger partial charge in [-0.2, -0.15) is 0 Å². The van der Waals surface area contributed by atoms with Crippen LogP contribution in [-0.2, 0) is 23.7 Å². The molecule has 6 heteroatoms. The van der Waals surface area contributed by atoms with Crippen LogP contribution in [0.1, 0.15) is 25.7 Å². The standard InChI is InChI=1S/C11H19ClO5/c1-14-10-3-2-4-11(17-10)16-8-7-15-9(13)5-6-12/h10-11H,2-8H2,1H3. The Kier molecular flexibility index (Phi) is 7.51. The average molecular weight is 267 g/mol. The molecule has 17 heavy (non-hydrogen) atoms. The summed E-state index contributed by atoms with van der Waals surface area (Å²) in [5.41, 5.74) is 0. The molecule has 1 fully saturated rings. The second-order valence-electron chi connectivity index (χ2n) is 3.69. The molecule has 1 heterocycles.